The quantitative estimate of drug-likeness (QED) is 0.504. The van der Waals surface area contributed by atoms with Crippen LogP contribution in [-0.4, -0.2) is 15.8 Å². The number of hydrogen-bond donors (Lipinski definition) is 1. The van der Waals surface area contributed by atoms with Crippen LogP contribution in [0.5, 0.6) is 0 Å². The molecule has 0 spiro atoms. The Morgan fingerprint density at radius 2 is 1.77 bits per heavy atom. The largest absolute Gasteiger partial charge is 0.388 e. The van der Waals surface area contributed by atoms with Crippen molar-refractivity contribution in [3.63, 3.8) is 0 Å². The Hall–Kier alpha value is -2.79. The molecule has 2 rings (SSSR count). The molecule has 1 unspecified atom stereocenters. The summed E-state index contributed by atoms with van der Waals surface area (Å²) in [4.78, 5) is 21.9. The minimum atomic E-state index is -0.838. The number of nitro benzene ring substituents is 1. The van der Waals surface area contributed by atoms with Crippen LogP contribution < -0.4 is 0 Å². The van der Waals surface area contributed by atoms with Crippen LogP contribution >= 0.6 is 0 Å². The smallest absolute Gasteiger partial charge is 0.269 e. The average Bonchev–Trinajstić information content (AvgIpc) is 2.54. The fourth-order valence-corrected chi connectivity index (χ4v) is 1.95. The summed E-state index contributed by atoms with van der Waals surface area (Å²) in [5, 5.41) is 20.5. The third-order valence-electron chi connectivity index (χ3n) is 3.14. The number of carbonyl (C=O) groups is 1. The summed E-state index contributed by atoms with van der Waals surface area (Å²) in [6.45, 7) is 0. The van der Waals surface area contributed by atoms with Crippen LogP contribution in [0.1, 0.15) is 23.7 Å². The van der Waals surface area contributed by atoms with Gasteiger partial charge >= 0.3 is 0 Å². The van der Waals surface area contributed by atoms with Gasteiger partial charge in [-0.05, 0) is 29.3 Å². The van der Waals surface area contributed by atoms with E-state index in [2.05, 4.69) is 0 Å². The lowest BCUT2D eigenvalue weighted by atomic mass is 10.0. The highest BCUT2D eigenvalue weighted by Crippen LogP contribution is 2.17. The molecule has 0 fully saturated rings. The zero-order valence-corrected chi connectivity index (χ0v) is 11.8. The Labute approximate surface area is 127 Å². The van der Waals surface area contributed by atoms with Crippen LogP contribution in [-0.2, 0) is 4.79 Å². The summed E-state index contributed by atoms with van der Waals surface area (Å²) in [6, 6.07) is 14.9. The number of aliphatic hydroxyl groups excluding tert-OH is 1. The van der Waals surface area contributed by atoms with Crippen LogP contribution in [0.15, 0.2) is 60.7 Å². The van der Waals surface area contributed by atoms with E-state index in [-0.39, 0.29) is 17.9 Å². The lowest BCUT2D eigenvalue weighted by molar-refractivity contribution is -0.384. The number of aliphatic hydroxyl groups is 1. The number of non-ortho nitro benzene ring substituents is 1. The molecule has 2 aromatic rings. The minimum Gasteiger partial charge on any atom is -0.388 e. The van der Waals surface area contributed by atoms with Gasteiger partial charge < -0.3 is 5.11 Å². The lowest BCUT2D eigenvalue weighted by Gasteiger charge is -2.08. The second kappa shape index (κ2) is 7.28. The van der Waals surface area contributed by atoms with Gasteiger partial charge in [-0.25, -0.2) is 0 Å². The lowest BCUT2D eigenvalue weighted by Crippen LogP contribution is -2.04. The summed E-state index contributed by atoms with van der Waals surface area (Å²) in [5.41, 5.74) is 1.38. The minimum absolute atomic E-state index is 0.00276. The fourth-order valence-electron chi connectivity index (χ4n) is 1.95. The summed E-state index contributed by atoms with van der Waals surface area (Å²) < 4.78 is 0. The summed E-state index contributed by atoms with van der Waals surface area (Å²) in [7, 11) is 0. The SMILES string of the molecule is O=C(/C=C/c1ccc([N+](=O)[O-])cc1)CC(O)c1ccccc1. The average molecular weight is 297 g/mol. The van der Waals surface area contributed by atoms with Crippen LogP contribution in [0.4, 0.5) is 5.69 Å². The van der Waals surface area contributed by atoms with Crippen molar-refractivity contribution in [3.8, 4) is 0 Å². The van der Waals surface area contributed by atoms with Gasteiger partial charge in [0.05, 0.1) is 11.0 Å². The van der Waals surface area contributed by atoms with Crippen LogP contribution in [0.2, 0.25) is 0 Å². The molecule has 1 atom stereocenters. The summed E-state index contributed by atoms with van der Waals surface area (Å²) in [5.74, 6) is -0.213. The Morgan fingerprint density at radius 1 is 1.14 bits per heavy atom. The van der Waals surface area contributed by atoms with E-state index >= 15 is 0 Å². The second-order valence-electron chi connectivity index (χ2n) is 4.78. The molecule has 5 heteroatoms. The highest BCUT2D eigenvalue weighted by Gasteiger charge is 2.10. The molecule has 0 aromatic heterocycles. The van der Waals surface area contributed by atoms with Gasteiger partial charge in [-0.15, -0.1) is 0 Å². The van der Waals surface area contributed by atoms with Crippen molar-refractivity contribution in [1.29, 1.82) is 0 Å². The van der Waals surface area contributed by atoms with Gasteiger partial charge in [0.1, 0.15) is 0 Å². The predicted molar refractivity (Wildman–Crippen MR) is 83.2 cm³/mol. The monoisotopic (exact) mass is 297 g/mol. The van der Waals surface area contributed by atoms with E-state index in [4.69, 9.17) is 0 Å². The van der Waals surface area contributed by atoms with Crippen LogP contribution in [0.3, 0.4) is 0 Å². The van der Waals surface area contributed by atoms with Gasteiger partial charge in [0.2, 0.25) is 0 Å². The molecule has 1 N–H and O–H groups in total. The number of carbonyl (C=O) groups excluding carboxylic acids is 1. The van der Waals surface area contributed by atoms with E-state index in [9.17, 15) is 20.0 Å². The number of benzene rings is 2. The normalized spacial score (nSPS) is 12.2. The van der Waals surface area contributed by atoms with E-state index in [0.29, 0.717) is 11.1 Å². The molecule has 0 saturated carbocycles. The zero-order valence-electron chi connectivity index (χ0n) is 11.8. The first-order valence-corrected chi connectivity index (χ1v) is 6.74. The molecule has 0 aliphatic carbocycles. The molecule has 0 aliphatic rings. The first-order chi connectivity index (χ1) is 10.6. The van der Waals surface area contributed by atoms with Crippen molar-refractivity contribution in [3.05, 3.63) is 81.9 Å². The third kappa shape index (κ3) is 4.36. The first kappa shape index (κ1) is 15.6. The van der Waals surface area contributed by atoms with Gasteiger partial charge in [0, 0.05) is 18.6 Å². The predicted octanol–water partition coefficient (Wildman–Crippen LogP) is 3.30. The van der Waals surface area contributed by atoms with E-state index in [1.807, 2.05) is 6.07 Å². The van der Waals surface area contributed by atoms with Crippen molar-refractivity contribution in [1.82, 2.24) is 0 Å². The molecule has 5 nitrogen and oxygen atoms in total. The van der Waals surface area contributed by atoms with E-state index < -0.39 is 11.0 Å². The van der Waals surface area contributed by atoms with Gasteiger partial charge in [0.15, 0.2) is 5.78 Å². The second-order valence-corrected chi connectivity index (χ2v) is 4.78. The fraction of sp³-hybridized carbons (Fsp3) is 0.118. The highest BCUT2D eigenvalue weighted by molar-refractivity contribution is 5.93. The maximum atomic E-state index is 11.8. The topological polar surface area (TPSA) is 80.4 Å². The van der Waals surface area contributed by atoms with Crippen molar-refractivity contribution in [2.45, 2.75) is 12.5 Å². The molecule has 0 bridgehead atoms. The Bertz CT molecular complexity index is 678. The summed E-state index contributed by atoms with van der Waals surface area (Å²) in [6.07, 6.45) is 2.10. The molecule has 2 aromatic carbocycles. The molecule has 22 heavy (non-hydrogen) atoms. The number of rotatable bonds is 6. The zero-order chi connectivity index (χ0) is 15.9. The van der Waals surface area contributed by atoms with Crippen LogP contribution in [0, 0.1) is 10.1 Å². The molecule has 112 valence electrons. The highest BCUT2D eigenvalue weighted by atomic mass is 16.6. The van der Waals surface area contributed by atoms with Crippen molar-refractivity contribution >= 4 is 17.5 Å². The molecular formula is C17H15NO4. The molecule has 0 amide bonds. The maximum Gasteiger partial charge on any atom is 0.269 e. The molecule has 0 radical (unpaired) electrons. The van der Waals surface area contributed by atoms with Crippen molar-refractivity contribution < 1.29 is 14.8 Å². The molecular weight excluding hydrogens is 282 g/mol. The number of ketones is 1. The van der Waals surface area contributed by atoms with Gasteiger partial charge in [0.25, 0.3) is 5.69 Å². The first-order valence-electron chi connectivity index (χ1n) is 6.74. The van der Waals surface area contributed by atoms with Gasteiger partial charge in [-0.3, -0.25) is 14.9 Å². The Kier molecular flexibility index (Phi) is 5.16. The van der Waals surface area contributed by atoms with E-state index in [1.54, 1.807) is 42.5 Å². The Morgan fingerprint density at radius 3 is 2.36 bits per heavy atom. The standard InChI is InChI=1S/C17H15NO4/c19-16(12-17(20)14-4-2-1-3-5-14)11-8-13-6-9-15(10-7-13)18(21)22/h1-11,17,20H,12H2/b11-8+. The molecule has 0 aliphatic heterocycles. The molecule has 0 saturated heterocycles. The Balaban J connectivity index is 1.95. The third-order valence-corrected chi connectivity index (χ3v) is 3.14. The van der Waals surface area contributed by atoms with Crippen LogP contribution in [0.25, 0.3) is 6.08 Å². The summed E-state index contributed by atoms with van der Waals surface area (Å²) >= 11 is 0. The van der Waals surface area contributed by atoms with E-state index in [0.717, 1.165) is 0 Å². The van der Waals surface area contributed by atoms with Gasteiger partial charge in [-0.1, -0.05) is 36.4 Å². The van der Waals surface area contributed by atoms with Crippen molar-refractivity contribution in [2.24, 2.45) is 0 Å². The number of allylic oxidation sites excluding steroid dienone is 1. The van der Waals surface area contributed by atoms with E-state index in [1.165, 1.54) is 18.2 Å². The molecule has 0 heterocycles. The van der Waals surface area contributed by atoms with Gasteiger partial charge in [-0.2, -0.15) is 0 Å². The number of hydrogen-bond acceptors (Lipinski definition) is 4. The maximum absolute atomic E-state index is 11.8. The number of nitro groups is 1. The number of nitrogens with zero attached hydrogens (tertiary/aromatic N) is 1. The van der Waals surface area contributed by atoms with Crippen molar-refractivity contribution in [2.75, 3.05) is 0 Å².